The molecule has 0 spiro atoms. The average molecular weight is 249 g/mol. The Bertz CT molecular complexity index is 269. The number of hydrogen-bond acceptors (Lipinski definition) is 1. The van der Waals surface area contributed by atoms with E-state index in [1.807, 2.05) is 0 Å². The monoisotopic (exact) mass is 249 g/mol. The van der Waals surface area contributed by atoms with E-state index in [0.29, 0.717) is 0 Å². The molecule has 5 unspecified atom stereocenters. The van der Waals surface area contributed by atoms with E-state index in [1.165, 1.54) is 38.5 Å². The van der Waals surface area contributed by atoms with Crippen molar-refractivity contribution < 1.29 is 0 Å². The van der Waals surface area contributed by atoms with Gasteiger partial charge in [0, 0.05) is 12.1 Å². The lowest BCUT2D eigenvalue weighted by Crippen LogP contribution is -2.44. The second-order valence-corrected chi connectivity index (χ2v) is 7.20. The summed E-state index contributed by atoms with van der Waals surface area (Å²) in [5, 5.41) is 4.06. The number of hydrogen-bond donors (Lipinski definition) is 1. The number of nitrogens with one attached hydrogen (secondary N) is 1. The maximum absolute atomic E-state index is 4.06. The SMILES string of the molecule is CCCC(CCC)NC1CC2CC1C1CCCC21. The van der Waals surface area contributed by atoms with Crippen LogP contribution in [-0.4, -0.2) is 12.1 Å². The van der Waals surface area contributed by atoms with E-state index in [4.69, 9.17) is 0 Å². The summed E-state index contributed by atoms with van der Waals surface area (Å²) in [6, 6.07) is 1.70. The fraction of sp³-hybridized carbons (Fsp3) is 1.00. The van der Waals surface area contributed by atoms with E-state index in [0.717, 1.165) is 35.8 Å². The van der Waals surface area contributed by atoms with Crippen molar-refractivity contribution in [2.75, 3.05) is 0 Å². The van der Waals surface area contributed by atoms with Gasteiger partial charge in [-0.05, 0) is 62.2 Å². The molecule has 3 aliphatic rings. The minimum Gasteiger partial charge on any atom is -0.311 e. The molecule has 0 amide bonds. The Kier molecular flexibility index (Phi) is 3.98. The number of fused-ring (bicyclic) bond motifs is 5. The van der Waals surface area contributed by atoms with E-state index in [1.54, 1.807) is 19.3 Å². The van der Waals surface area contributed by atoms with Crippen LogP contribution in [0.15, 0.2) is 0 Å². The van der Waals surface area contributed by atoms with Crippen molar-refractivity contribution in [1.29, 1.82) is 0 Å². The molecule has 1 N–H and O–H groups in total. The van der Waals surface area contributed by atoms with Gasteiger partial charge >= 0.3 is 0 Å². The molecule has 0 aromatic heterocycles. The van der Waals surface area contributed by atoms with E-state index in [-0.39, 0.29) is 0 Å². The average Bonchev–Trinajstić information content (AvgIpc) is 3.00. The summed E-state index contributed by atoms with van der Waals surface area (Å²) in [7, 11) is 0. The molecule has 0 radical (unpaired) electrons. The smallest absolute Gasteiger partial charge is 0.0103 e. The summed E-state index contributed by atoms with van der Waals surface area (Å²) in [6.45, 7) is 4.66. The molecule has 3 saturated carbocycles. The van der Waals surface area contributed by atoms with E-state index < -0.39 is 0 Å². The molecule has 104 valence electrons. The fourth-order valence-electron chi connectivity index (χ4n) is 5.57. The third-order valence-corrected chi connectivity index (χ3v) is 6.15. The Morgan fingerprint density at radius 1 is 0.944 bits per heavy atom. The van der Waals surface area contributed by atoms with Crippen LogP contribution in [0.1, 0.15) is 71.6 Å². The molecule has 18 heavy (non-hydrogen) atoms. The lowest BCUT2D eigenvalue weighted by atomic mass is 9.79. The summed E-state index contributed by atoms with van der Waals surface area (Å²) in [4.78, 5) is 0. The summed E-state index contributed by atoms with van der Waals surface area (Å²) in [5.74, 6) is 4.41. The normalized spacial score (nSPS) is 41.8. The van der Waals surface area contributed by atoms with Gasteiger partial charge in [-0.3, -0.25) is 0 Å². The van der Waals surface area contributed by atoms with Crippen molar-refractivity contribution in [3.8, 4) is 0 Å². The molecule has 0 heterocycles. The van der Waals surface area contributed by atoms with Gasteiger partial charge in [-0.2, -0.15) is 0 Å². The summed E-state index contributed by atoms with van der Waals surface area (Å²) in [5.41, 5.74) is 0. The molecule has 3 fully saturated rings. The van der Waals surface area contributed by atoms with Crippen molar-refractivity contribution in [2.24, 2.45) is 23.7 Å². The zero-order chi connectivity index (χ0) is 12.5. The third-order valence-electron chi connectivity index (χ3n) is 6.15. The molecule has 3 aliphatic carbocycles. The van der Waals surface area contributed by atoms with Crippen LogP contribution in [0.3, 0.4) is 0 Å². The first-order valence-electron chi connectivity index (χ1n) is 8.59. The largest absolute Gasteiger partial charge is 0.311 e. The van der Waals surface area contributed by atoms with E-state index >= 15 is 0 Å². The predicted molar refractivity (Wildman–Crippen MR) is 77.6 cm³/mol. The van der Waals surface area contributed by atoms with Gasteiger partial charge in [-0.25, -0.2) is 0 Å². The Hall–Kier alpha value is -0.0400. The lowest BCUT2D eigenvalue weighted by molar-refractivity contribution is 0.193. The Morgan fingerprint density at radius 2 is 1.67 bits per heavy atom. The Morgan fingerprint density at radius 3 is 2.39 bits per heavy atom. The highest BCUT2D eigenvalue weighted by Gasteiger charge is 2.53. The molecule has 0 aliphatic heterocycles. The zero-order valence-corrected chi connectivity index (χ0v) is 12.3. The summed E-state index contributed by atoms with van der Waals surface area (Å²) < 4.78 is 0. The highest BCUT2D eigenvalue weighted by molar-refractivity contribution is 5.05. The van der Waals surface area contributed by atoms with E-state index in [2.05, 4.69) is 19.2 Å². The van der Waals surface area contributed by atoms with Crippen LogP contribution in [0, 0.1) is 23.7 Å². The van der Waals surface area contributed by atoms with Gasteiger partial charge in [0.25, 0.3) is 0 Å². The van der Waals surface area contributed by atoms with Gasteiger partial charge < -0.3 is 5.32 Å². The predicted octanol–water partition coefficient (Wildman–Crippen LogP) is 4.37. The van der Waals surface area contributed by atoms with Gasteiger partial charge in [0.1, 0.15) is 0 Å². The highest BCUT2D eigenvalue weighted by Crippen LogP contribution is 2.58. The van der Waals surface area contributed by atoms with Gasteiger partial charge in [0.2, 0.25) is 0 Å². The molecule has 5 atom stereocenters. The van der Waals surface area contributed by atoms with Crippen LogP contribution >= 0.6 is 0 Å². The van der Waals surface area contributed by atoms with Crippen LogP contribution in [0.2, 0.25) is 0 Å². The van der Waals surface area contributed by atoms with E-state index in [9.17, 15) is 0 Å². The quantitative estimate of drug-likeness (QED) is 0.737. The summed E-state index contributed by atoms with van der Waals surface area (Å²) in [6.07, 6.45) is 13.2. The van der Waals surface area contributed by atoms with Crippen molar-refractivity contribution in [2.45, 2.75) is 83.7 Å². The first-order valence-corrected chi connectivity index (χ1v) is 8.59. The second-order valence-electron chi connectivity index (χ2n) is 7.20. The van der Waals surface area contributed by atoms with Gasteiger partial charge in [0.05, 0.1) is 0 Å². The first kappa shape index (κ1) is 13.0. The van der Waals surface area contributed by atoms with Gasteiger partial charge in [-0.15, -0.1) is 0 Å². The lowest BCUT2D eigenvalue weighted by Gasteiger charge is -2.35. The Labute approximate surface area is 113 Å². The van der Waals surface area contributed by atoms with Gasteiger partial charge in [-0.1, -0.05) is 33.1 Å². The number of rotatable bonds is 6. The maximum atomic E-state index is 4.06. The summed E-state index contributed by atoms with van der Waals surface area (Å²) >= 11 is 0. The second kappa shape index (κ2) is 5.53. The molecule has 0 saturated heterocycles. The van der Waals surface area contributed by atoms with Crippen molar-refractivity contribution >= 4 is 0 Å². The minimum absolute atomic E-state index is 0.809. The fourth-order valence-corrected chi connectivity index (χ4v) is 5.57. The van der Waals surface area contributed by atoms with Crippen LogP contribution in [0.4, 0.5) is 0 Å². The van der Waals surface area contributed by atoms with Gasteiger partial charge in [0.15, 0.2) is 0 Å². The molecule has 1 heteroatoms. The highest BCUT2D eigenvalue weighted by atomic mass is 15.0. The van der Waals surface area contributed by atoms with Crippen LogP contribution in [-0.2, 0) is 0 Å². The molecule has 0 aromatic carbocycles. The minimum atomic E-state index is 0.809. The Balaban J connectivity index is 1.58. The van der Waals surface area contributed by atoms with Crippen LogP contribution < -0.4 is 5.32 Å². The maximum Gasteiger partial charge on any atom is 0.0103 e. The topological polar surface area (TPSA) is 12.0 Å². The van der Waals surface area contributed by atoms with Crippen LogP contribution in [0.5, 0.6) is 0 Å². The standard InChI is InChI=1S/C17H31N/c1-3-6-13(7-4-2)18-17-11-12-10-16(17)15-9-5-8-14(12)15/h12-18H,3-11H2,1-2H3. The first-order chi connectivity index (χ1) is 8.83. The van der Waals surface area contributed by atoms with Crippen molar-refractivity contribution in [3.63, 3.8) is 0 Å². The molecular formula is C17H31N. The zero-order valence-electron chi connectivity index (χ0n) is 12.3. The van der Waals surface area contributed by atoms with Crippen LogP contribution in [0.25, 0.3) is 0 Å². The molecule has 1 nitrogen and oxygen atoms in total. The molecule has 2 bridgehead atoms. The molecule has 0 aromatic rings. The van der Waals surface area contributed by atoms with Crippen molar-refractivity contribution in [1.82, 2.24) is 5.32 Å². The molecule has 3 rings (SSSR count). The van der Waals surface area contributed by atoms with Crippen molar-refractivity contribution in [3.05, 3.63) is 0 Å². The third kappa shape index (κ3) is 2.24. The molecular weight excluding hydrogens is 218 g/mol.